The number of methoxy groups -OCH3 is 2. The number of carbonyl (C=O) groups is 3. The third-order valence-corrected chi connectivity index (χ3v) is 6.73. The van der Waals surface area contributed by atoms with Gasteiger partial charge < -0.3 is 20.1 Å². The first-order valence-electron chi connectivity index (χ1n) is 13.8. The molecule has 0 aromatic heterocycles. The number of benzene rings is 4. The molecule has 218 valence electrons. The van der Waals surface area contributed by atoms with E-state index in [2.05, 4.69) is 36.6 Å². The van der Waals surface area contributed by atoms with Gasteiger partial charge in [0.1, 0.15) is 17.2 Å². The lowest BCUT2D eigenvalue weighted by atomic mass is 10.0. The second-order valence-electron chi connectivity index (χ2n) is 10.0. The van der Waals surface area contributed by atoms with E-state index in [1.165, 1.54) is 24.8 Å². The maximum atomic E-state index is 13.4. The van der Waals surface area contributed by atoms with Crippen LogP contribution in [0.25, 0.3) is 12.2 Å². The van der Waals surface area contributed by atoms with Crippen molar-refractivity contribution in [2.75, 3.05) is 19.5 Å². The Bertz CT molecular complexity index is 1640. The van der Waals surface area contributed by atoms with Crippen LogP contribution in [0, 0.1) is 0 Å². The van der Waals surface area contributed by atoms with Crippen LogP contribution in [0.5, 0.6) is 11.5 Å². The van der Waals surface area contributed by atoms with Crippen molar-refractivity contribution in [3.8, 4) is 11.5 Å². The maximum absolute atomic E-state index is 13.4. The van der Waals surface area contributed by atoms with Crippen LogP contribution in [0.1, 0.15) is 57.2 Å². The average Bonchev–Trinajstić information content (AvgIpc) is 3.04. The number of hydrogen-bond donors (Lipinski definition) is 2. The van der Waals surface area contributed by atoms with Crippen LogP contribution in [0.3, 0.4) is 0 Å². The third kappa shape index (κ3) is 8.30. The summed E-state index contributed by atoms with van der Waals surface area (Å²) in [6, 6.07) is 28.4. The molecule has 4 aromatic rings. The zero-order chi connectivity index (χ0) is 30.8. The van der Waals surface area contributed by atoms with Gasteiger partial charge in [-0.05, 0) is 77.7 Å². The lowest BCUT2D eigenvalue weighted by molar-refractivity contribution is -0.113. The maximum Gasteiger partial charge on any atom is 0.272 e. The fourth-order valence-corrected chi connectivity index (χ4v) is 4.21. The van der Waals surface area contributed by atoms with Gasteiger partial charge in [-0.1, -0.05) is 62.4 Å². The normalized spacial score (nSPS) is 11.3. The minimum Gasteiger partial charge on any atom is -0.497 e. The van der Waals surface area contributed by atoms with Crippen molar-refractivity contribution < 1.29 is 23.9 Å². The van der Waals surface area contributed by atoms with Crippen LogP contribution in [0.4, 0.5) is 5.69 Å². The fraction of sp³-hybridized carbons (Fsp3) is 0.139. The topological polar surface area (TPSA) is 93.7 Å². The Balaban J connectivity index is 1.52. The highest BCUT2D eigenvalue weighted by molar-refractivity contribution is 6.11. The first-order chi connectivity index (χ1) is 20.8. The molecule has 0 radical (unpaired) electrons. The van der Waals surface area contributed by atoms with Crippen LogP contribution < -0.4 is 20.1 Å². The summed E-state index contributed by atoms with van der Waals surface area (Å²) in [7, 11) is 3.05. The molecule has 0 saturated heterocycles. The number of nitrogens with one attached hydrogen (secondary N) is 2. The van der Waals surface area contributed by atoms with Gasteiger partial charge in [0.05, 0.1) is 14.2 Å². The molecule has 7 heteroatoms. The van der Waals surface area contributed by atoms with Crippen LogP contribution in [-0.4, -0.2) is 31.8 Å². The van der Waals surface area contributed by atoms with Gasteiger partial charge in [-0.2, -0.15) is 0 Å². The lowest BCUT2D eigenvalue weighted by Crippen LogP contribution is -2.30. The number of ketones is 1. The highest BCUT2D eigenvalue weighted by Gasteiger charge is 2.17. The van der Waals surface area contributed by atoms with Gasteiger partial charge >= 0.3 is 0 Å². The average molecular weight is 575 g/mol. The number of amides is 2. The monoisotopic (exact) mass is 574 g/mol. The Hall–Kier alpha value is -5.43. The Morgan fingerprint density at radius 1 is 0.767 bits per heavy atom. The van der Waals surface area contributed by atoms with Crippen LogP contribution in [0.2, 0.25) is 0 Å². The Kier molecular flexibility index (Phi) is 10.3. The Labute approximate surface area is 251 Å². The fourth-order valence-electron chi connectivity index (χ4n) is 4.21. The summed E-state index contributed by atoms with van der Waals surface area (Å²) in [5.74, 6) is 0.336. The molecule has 0 atom stereocenters. The van der Waals surface area contributed by atoms with Crippen molar-refractivity contribution in [2.45, 2.75) is 19.8 Å². The second-order valence-corrected chi connectivity index (χ2v) is 10.0. The molecule has 0 saturated carbocycles. The van der Waals surface area contributed by atoms with Gasteiger partial charge in [-0.3, -0.25) is 14.4 Å². The molecule has 0 aliphatic rings. The lowest BCUT2D eigenvalue weighted by Gasteiger charge is -2.13. The van der Waals surface area contributed by atoms with Crippen molar-refractivity contribution in [1.82, 2.24) is 5.32 Å². The van der Waals surface area contributed by atoms with Crippen molar-refractivity contribution in [3.63, 3.8) is 0 Å². The molecule has 0 spiro atoms. The van der Waals surface area contributed by atoms with E-state index in [-0.39, 0.29) is 11.5 Å². The number of hydrogen-bond acceptors (Lipinski definition) is 5. The molecule has 43 heavy (non-hydrogen) atoms. The van der Waals surface area contributed by atoms with E-state index in [9.17, 15) is 14.4 Å². The third-order valence-electron chi connectivity index (χ3n) is 6.73. The highest BCUT2D eigenvalue weighted by Crippen LogP contribution is 2.27. The molecular formula is C36H34N2O5. The van der Waals surface area contributed by atoms with E-state index in [1.54, 1.807) is 86.0 Å². The van der Waals surface area contributed by atoms with Crippen molar-refractivity contribution in [2.24, 2.45) is 0 Å². The zero-order valence-corrected chi connectivity index (χ0v) is 24.6. The molecule has 2 amide bonds. The molecule has 0 bridgehead atoms. The van der Waals surface area contributed by atoms with Gasteiger partial charge in [0, 0.05) is 28.4 Å². The molecular weight excluding hydrogens is 540 g/mol. The number of rotatable bonds is 11. The number of ether oxygens (including phenoxy) is 2. The molecule has 0 aliphatic heterocycles. The van der Waals surface area contributed by atoms with Crippen molar-refractivity contribution in [3.05, 3.63) is 137 Å². The summed E-state index contributed by atoms with van der Waals surface area (Å²) in [6.45, 7) is 4.27. The van der Waals surface area contributed by atoms with E-state index < -0.39 is 11.8 Å². The van der Waals surface area contributed by atoms with Gasteiger partial charge in [0.15, 0.2) is 5.78 Å². The minimum atomic E-state index is -0.550. The van der Waals surface area contributed by atoms with Crippen LogP contribution in [-0.2, 0) is 4.79 Å². The smallest absolute Gasteiger partial charge is 0.272 e. The molecule has 0 fully saturated rings. The predicted octanol–water partition coefficient (Wildman–Crippen LogP) is 7.13. The number of anilines is 1. The van der Waals surface area contributed by atoms with E-state index in [4.69, 9.17) is 9.47 Å². The quantitative estimate of drug-likeness (QED) is 0.147. The summed E-state index contributed by atoms with van der Waals surface area (Å²) in [5, 5.41) is 5.51. The standard InChI is InChI=1S/C36H34N2O5/c1-24(2)26-13-10-25(11-14-26)12-21-33(39)27-15-18-30(19-16-27)37-36(41)32(38-35(40)28-8-6-5-7-9-28)22-29-17-20-31(42-3)23-34(29)43-4/h5-24H,1-4H3,(H,37,41)(H,38,40)/b21-12+,32-22-. The first-order valence-corrected chi connectivity index (χ1v) is 13.8. The molecule has 4 aromatic carbocycles. The SMILES string of the molecule is COc1ccc(/C=C(\NC(=O)c2ccccc2)C(=O)Nc2ccc(C(=O)/C=C/c3ccc(C(C)C)cc3)cc2)c(OC)c1. The van der Waals surface area contributed by atoms with E-state index in [0.717, 1.165) is 5.56 Å². The summed E-state index contributed by atoms with van der Waals surface area (Å²) >= 11 is 0. The Morgan fingerprint density at radius 2 is 1.47 bits per heavy atom. The summed E-state index contributed by atoms with van der Waals surface area (Å²) in [6.07, 6.45) is 4.84. The van der Waals surface area contributed by atoms with Crippen molar-refractivity contribution in [1.29, 1.82) is 0 Å². The van der Waals surface area contributed by atoms with Gasteiger partial charge in [0.25, 0.3) is 11.8 Å². The van der Waals surface area contributed by atoms with Gasteiger partial charge in [-0.25, -0.2) is 0 Å². The number of carbonyl (C=O) groups excluding carboxylic acids is 3. The van der Waals surface area contributed by atoms with Crippen molar-refractivity contribution >= 4 is 35.4 Å². The van der Waals surface area contributed by atoms with Gasteiger partial charge in [0.2, 0.25) is 0 Å². The molecule has 2 N–H and O–H groups in total. The van der Waals surface area contributed by atoms with E-state index in [1.807, 2.05) is 12.1 Å². The highest BCUT2D eigenvalue weighted by atomic mass is 16.5. The van der Waals surface area contributed by atoms with Crippen LogP contribution >= 0.6 is 0 Å². The minimum absolute atomic E-state index is 0.00360. The summed E-state index contributed by atoms with van der Waals surface area (Å²) in [5.41, 5.74) is 4.07. The second kappa shape index (κ2) is 14.5. The Morgan fingerprint density at radius 3 is 2.09 bits per heavy atom. The summed E-state index contributed by atoms with van der Waals surface area (Å²) in [4.78, 5) is 39.1. The molecule has 4 rings (SSSR count). The molecule has 0 heterocycles. The van der Waals surface area contributed by atoms with E-state index >= 15 is 0 Å². The number of allylic oxidation sites excluding steroid dienone is 1. The molecule has 7 nitrogen and oxygen atoms in total. The van der Waals surface area contributed by atoms with E-state index in [0.29, 0.717) is 39.8 Å². The zero-order valence-electron chi connectivity index (χ0n) is 24.6. The molecule has 0 unspecified atom stereocenters. The summed E-state index contributed by atoms with van der Waals surface area (Å²) < 4.78 is 10.7. The first kappa shape index (κ1) is 30.5. The predicted molar refractivity (Wildman–Crippen MR) is 170 cm³/mol. The molecule has 0 aliphatic carbocycles. The van der Waals surface area contributed by atoms with Gasteiger partial charge in [-0.15, -0.1) is 0 Å². The van der Waals surface area contributed by atoms with Crippen LogP contribution in [0.15, 0.2) is 109 Å². The largest absolute Gasteiger partial charge is 0.497 e.